The molecule has 0 saturated heterocycles. The smallest absolute Gasteiger partial charge is 0.433 e. The molecule has 0 spiro atoms. The van der Waals surface area contributed by atoms with E-state index in [0.717, 1.165) is 12.1 Å². The molecule has 2 rings (SSSR count). The molecule has 1 amide bonds. The monoisotopic (exact) mass is 359 g/mol. The molecular formula is C16H20F3N3O3. The van der Waals surface area contributed by atoms with Crippen molar-refractivity contribution in [2.75, 3.05) is 13.1 Å². The normalized spacial score (nSPS) is 20.2. The van der Waals surface area contributed by atoms with Crippen molar-refractivity contribution in [3.63, 3.8) is 0 Å². The van der Waals surface area contributed by atoms with Gasteiger partial charge in [-0.05, 0) is 38.4 Å². The van der Waals surface area contributed by atoms with Gasteiger partial charge < -0.3 is 10.4 Å². The minimum Gasteiger partial charge on any atom is -0.480 e. The largest absolute Gasteiger partial charge is 0.480 e. The lowest BCUT2D eigenvalue weighted by molar-refractivity contribution is -0.141. The minimum absolute atomic E-state index is 0.0178. The van der Waals surface area contributed by atoms with Gasteiger partial charge in [-0.3, -0.25) is 14.5 Å². The summed E-state index contributed by atoms with van der Waals surface area (Å²) in [7, 11) is 0. The third-order valence-electron chi connectivity index (χ3n) is 4.33. The first-order valence-corrected chi connectivity index (χ1v) is 7.93. The van der Waals surface area contributed by atoms with E-state index < -0.39 is 23.7 Å². The minimum atomic E-state index is -4.55. The number of carbonyl (C=O) groups is 2. The number of aryl methyl sites for hydroxylation is 1. The van der Waals surface area contributed by atoms with Gasteiger partial charge in [-0.2, -0.15) is 13.2 Å². The number of aliphatic carboxylic acids is 1. The number of carboxylic acids is 1. The summed E-state index contributed by atoms with van der Waals surface area (Å²) < 4.78 is 37.8. The maximum atomic E-state index is 12.6. The molecule has 0 unspecified atom stereocenters. The van der Waals surface area contributed by atoms with Crippen molar-refractivity contribution < 1.29 is 27.9 Å². The van der Waals surface area contributed by atoms with E-state index in [2.05, 4.69) is 10.3 Å². The van der Waals surface area contributed by atoms with Crippen LogP contribution in [0.1, 0.15) is 41.5 Å². The van der Waals surface area contributed by atoms with E-state index >= 15 is 0 Å². The molecule has 138 valence electrons. The number of carboxylic acid groups (broad SMARTS) is 1. The van der Waals surface area contributed by atoms with Crippen molar-refractivity contribution in [2.24, 2.45) is 0 Å². The number of halogens is 3. The number of rotatable bonds is 6. The Bertz CT molecular complexity index is 658. The van der Waals surface area contributed by atoms with Crippen LogP contribution in [-0.2, 0) is 11.0 Å². The van der Waals surface area contributed by atoms with Crippen LogP contribution in [0.15, 0.2) is 12.1 Å². The van der Waals surface area contributed by atoms with Crippen molar-refractivity contribution >= 4 is 11.9 Å². The van der Waals surface area contributed by atoms with Crippen LogP contribution in [0, 0.1) is 6.92 Å². The van der Waals surface area contributed by atoms with Crippen LogP contribution in [0.5, 0.6) is 0 Å². The van der Waals surface area contributed by atoms with Gasteiger partial charge in [0.15, 0.2) is 0 Å². The van der Waals surface area contributed by atoms with Crippen molar-refractivity contribution in [1.82, 2.24) is 15.2 Å². The number of nitrogens with one attached hydrogen (secondary N) is 1. The van der Waals surface area contributed by atoms with Gasteiger partial charge in [0.2, 0.25) is 0 Å². The third kappa shape index (κ3) is 4.68. The first kappa shape index (κ1) is 19.2. The lowest BCUT2D eigenvalue weighted by atomic mass is 9.85. The summed E-state index contributed by atoms with van der Waals surface area (Å²) in [6.07, 6.45) is -3.32. The van der Waals surface area contributed by atoms with Gasteiger partial charge in [-0.15, -0.1) is 0 Å². The fraction of sp³-hybridized carbons (Fsp3) is 0.562. The molecule has 1 aromatic rings. The topological polar surface area (TPSA) is 82.5 Å². The summed E-state index contributed by atoms with van der Waals surface area (Å²) in [5, 5.41) is 11.6. The van der Waals surface area contributed by atoms with Crippen LogP contribution in [0.4, 0.5) is 13.2 Å². The molecule has 0 aromatic carbocycles. The Morgan fingerprint density at radius 1 is 1.36 bits per heavy atom. The third-order valence-corrected chi connectivity index (χ3v) is 4.33. The van der Waals surface area contributed by atoms with Gasteiger partial charge >= 0.3 is 12.1 Å². The Labute approximate surface area is 143 Å². The molecule has 0 atom stereocenters. The molecule has 25 heavy (non-hydrogen) atoms. The highest BCUT2D eigenvalue weighted by Gasteiger charge is 2.36. The summed E-state index contributed by atoms with van der Waals surface area (Å²) in [6.45, 7) is 3.77. The van der Waals surface area contributed by atoms with E-state index in [1.54, 1.807) is 0 Å². The van der Waals surface area contributed by atoms with Crippen LogP contribution < -0.4 is 5.32 Å². The van der Waals surface area contributed by atoms with E-state index in [1.165, 1.54) is 6.92 Å². The highest BCUT2D eigenvalue weighted by atomic mass is 19.4. The van der Waals surface area contributed by atoms with Crippen molar-refractivity contribution in [3.8, 4) is 0 Å². The second-order valence-electron chi connectivity index (χ2n) is 6.08. The van der Waals surface area contributed by atoms with E-state index in [-0.39, 0.29) is 29.9 Å². The standard InChI is InChI=1S/C16H20F3N3O3/c1-3-22(8-14(23)24)11-6-10(7-11)21-15(25)12-4-5-13(16(17,18)19)20-9(12)2/h4-5,10-11H,3,6-8H2,1-2H3,(H,21,25)(H,23,24). The Morgan fingerprint density at radius 3 is 2.48 bits per heavy atom. The van der Waals surface area contributed by atoms with E-state index in [0.29, 0.717) is 19.4 Å². The van der Waals surface area contributed by atoms with Crippen LogP contribution in [0.25, 0.3) is 0 Å². The summed E-state index contributed by atoms with van der Waals surface area (Å²) in [5.41, 5.74) is -0.906. The first-order valence-electron chi connectivity index (χ1n) is 7.93. The Morgan fingerprint density at radius 2 is 2.00 bits per heavy atom. The second kappa shape index (κ2) is 7.38. The molecule has 6 nitrogen and oxygen atoms in total. The number of alkyl halides is 3. The molecule has 1 fully saturated rings. The Hall–Kier alpha value is -2.16. The SMILES string of the molecule is CCN(CC(=O)O)C1CC(NC(=O)c2ccc(C(F)(F)F)nc2C)C1. The Kier molecular flexibility index (Phi) is 5.66. The number of hydrogen-bond donors (Lipinski definition) is 2. The second-order valence-corrected chi connectivity index (χ2v) is 6.08. The zero-order valence-electron chi connectivity index (χ0n) is 13.9. The molecule has 9 heteroatoms. The van der Waals surface area contributed by atoms with Gasteiger partial charge in [0.1, 0.15) is 5.69 Å². The lowest BCUT2D eigenvalue weighted by Gasteiger charge is -2.42. The average Bonchev–Trinajstić information content (AvgIpc) is 2.47. The van der Waals surface area contributed by atoms with Crippen molar-refractivity contribution in [1.29, 1.82) is 0 Å². The molecule has 0 radical (unpaired) electrons. The molecule has 0 aliphatic heterocycles. The first-order chi connectivity index (χ1) is 11.6. The summed E-state index contributed by atoms with van der Waals surface area (Å²) in [4.78, 5) is 28.3. The van der Waals surface area contributed by atoms with E-state index in [4.69, 9.17) is 5.11 Å². The summed E-state index contributed by atoms with van der Waals surface area (Å²) in [5.74, 6) is -1.37. The number of aromatic nitrogens is 1. The van der Waals surface area contributed by atoms with Crippen molar-refractivity contribution in [2.45, 2.75) is 44.9 Å². The average molecular weight is 359 g/mol. The molecule has 1 aliphatic rings. The lowest BCUT2D eigenvalue weighted by Crippen LogP contribution is -2.54. The van der Waals surface area contributed by atoms with Gasteiger partial charge in [0.25, 0.3) is 5.91 Å². The fourth-order valence-corrected chi connectivity index (χ4v) is 2.90. The van der Waals surface area contributed by atoms with Crippen LogP contribution >= 0.6 is 0 Å². The van der Waals surface area contributed by atoms with Gasteiger partial charge in [-0.25, -0.2) is 4.98 Å². The number of hydrogen-bond acceptors (Lipinski definition) is 4. The predicted molar refractivity (Wildman–Crippen MR) is 83.1 cm³/mol. The van der Waals surface area contributed by atoms with Gasteiger partial charge in [0.05, 0.1) is 17.8 Å². The van der Waals surface area contributed by atoms with Gasteiger partial charge in [-0.1, -0.05) is 6.92 Å². The molecule has 1 heterocycles. The number of nitrogens with zero attached hydrogens (tertiary/aromatic N) is 2. The molecule has 1 aliphatic carbocycles. The quantitative estimate of drug-likeness (QED) is 0.813. The van der Waals surface area contributed by atoms with E-state index in [1.807, 2.05) is 11.8 Å². The highest BCUT2D eigenvalue weighted by Crippen LogP contribution is 2.29. The van der Waals surface area contributed by atoms with Gasteiger partial charge in [0, 0.05) is 12.1 Å². The zero-order valence-corrected chi connectivity index (χ0v) is 13.9. The zero-order chi connectivity index (χ0) is 18.8. The number of amides is 1. The van der Waals surface area contributed by atoms with E-state index in [9.17, 15) is 22.8 Å². The highest BCUT2D eigenvalue weighted by molar-refractivity contribution is 5.95. The van der Waals surface area contributed by atoms with Crippen molar-refractivity contribution in [3.05, 3.63) is 29.1 Å². The van der Waals surface area contributed by atoms with Crippen LogP contribution in [-0.4, -0.2) is 52.0 Å². The molecule has 0 bridgehead atoms. The molecule has 1 aromatic heterocycles. The number of likely N-dealkylation sites (N-methyl/N-ethyl adjacent to an activating group) is 1. The number of pyridine rings is 1. The predicted octanol–water partition coefficient (Wildman–Crippen LogP) is 2.08. The molecule has 2 N–H and O–H groups in total. The Balaban J connectivity index is 1.93. The summed E-state index contributed by atoms with van der Waals surface area (Å²) in [6, 6.07) is 1.87. The number of carbonyl (C=O) groups excluding carboxylic acids is 1. The fourth-order valence-electron chi connectivity index (χ4n) is 2.90. The maximum absolute atomic E-state index is 12.6. The molecule has 1 saturated carbocycles. The van der Waals surface area contributed by atoms with Crippen LogP contribution in [0.3, 0.4) is 0 Å². The maximum Gasteiger partial charge on any atom is 0.433 e. The van der Waals surface area contributed by atoms with Crippen LogP contribution in [0.2, 0.25) is 0 Å². The summed E-state index contributed by atoms with van der Waals surface area (Å²) >= 11 is 0. The molecular weight excluding hydrogens is 339 g/mol.